The van der Waals surface area contributed by atoms with E-state index >= 15 is 0 Å². The maximum Gasteiger partial charge on any atom is 0.119 e. The van der Waals surface area contributed by atoms with Gasteiger partial charge in [-0.15, -0.1) is 0 Å². The van der Waals surface area contributed by atoms with Gasteiger partial charge >= 0.3 is 0 Å². The summed E-state index contributed by atoms with van der Waals surface area (Å²) in [5, 5.41) is 3.39. The third-order valence-corrected chi connectivity index (χ3v) is 4.18. The molecule has 2 fully saturated rings. The number of ether oxygens (including phenoxy) is 1. The van der Waals surface area contributed by atoms with E-state index in [-0.39, 0.29) is 0 Å². The van der Waals surface area contributed by atoms with Crippen molar-refractivity contribution in [2.24, 2.45) is 0 Å². The van der Waals surface area contributed by atoms with E-state index in [0.717, 1.165) is 31.8 Å². The van der Waals surface area contributed by atoms with Crippen LogP contribution in [0.5, 0.6) is 5.75 Å². The van der Waals surface area contributed by atoms with Gasteiger partial charge in [-0.25, -0.2) is 0 Å². The highest BCUT2D eigenvalue weighted by atomic mass is 16.5. The molecule has 1 saturated heterocycles. The molecule has 1 N–H and O–H groups in total. The maximum atomic E-state index is 5.96. The van der Waals surface area contributed by atoms with E-state index in [2.05, 4.69) is 34.5 Å². The SMILES string of the molecule is c1cc(CCN2CCNCC2)cc(OC2CCC2)c1. The Labute approximate surface area is 115 Å². The van der Waals surface area contributed by atoms with E-state index in [9.17, 15) is 0 Å². The number of nitrogens with one attached hydrogen (secondary N) is 1. The first-order valence-electron chi connectivity index (χ1n) is 7.59. The van der Waals surface area contributed by atoms with Gasteiger partial charge in [0.15, 0.2) is 0 Å². The Morgan fingerprint density at radius 1 is 1.21 bits per heavy atom. The lowest BCUT2D eigenvalue weighted by Crippen LogP contribution is -2.44. The lowest BCUT2D eigenvalue weighted by Gasteiger charge is -2.28. The topological polar surface area (TPSA) is 24.5 Å². The molecule has 0 amide bonds. The van der Waals surface area contributed by atoms with Crippen LogP contribution >= 0.6 is 0 Å². The zero-order valence-electron chi connectivity index (χ0n) is 11.6. The molecule has 0 radical (unpaired) electrons. The average Bonchev–Trinajstić information content (AvgIpc) is 2.42. The first kappa shape index (κ1) is 12.9. The molecule has 19 heavy (non-hydrogen) atoms. The van der Waals surface area contributed by atoms with Gasteiger partial charge in [0, 0.05) is 32.7 Å². The molecule has 0 aromatic heterocycles. The summed E-state index contributed by atoms with van der Waals surface area (Å²) in [6.45, 7) is 5.78. The first-order chi connectivity index (χ1) is 9.40. The number of rotatable bonds is 5. The Morgan fingerprint density at radius 2 is 2.05 bits per heavy atom. The molecule has 0 atom stereocenters. The van der Waals surface area contributed by atoms with Gasteiger partial charge in [0.05, 0.1) is 6.10 Å². The van der Waals surface area contributed by atoms with Crippen LogP contribution in [0.25, 0.3) is 0 Å². The smallest absolute Gasteiger partial charge is 0.119 e. The Bertz CT molecular complexity index is 397. The summed E-state index contributed by atoms with van der Waals surface area (Å²) in [6.07, 6.45) is 5.38. The molecule has 3 rings (SSSR count). The normalized spacial score (nSPS) is 21.1. The van der Waals surface area contributed by atoms with E-state index in [4.69, 9.17) is 4.74 Å². The van der Waals surface area contributed by atoms with Crippen LogP contribution in [0.1, 0.15) is 24.8 Å². The van der Waals surface area contributed by atoms with Gasteiger partial charge in [-0.2, -0.15) is 0 Å². The second-order valence-electron chi connectivity index (χ2n) is 5.66. The van der Waals surface area contributed by atoms with Crippen LogP contribution in [0.2, 0.25) is 0 Å². The summed E-state index contributed by atoms with van der Waals surface area (Å²) >= 11 is 0. The van der Waals surface area contributed by atoms with Crippen molar-refractivity contribution in [3.63, 3.8) is 0 Å². The quantitative estimate of drug-likeness (QED) is 0.877. The lowest BCUT2D eigenvalue weighted by atomic mass is 9.96. The van der Waals surface area contributed by atoms with Crippen LogP contribution in [0.15, 0.2) is 24.3 Å². The molecular formula is C16H24N2O. The molecule has 3 heteroatoms. The molecule has 1 aromatic carbocycles. The number of benzene rings is 1. The van der Waals surface area contributed by atoms with Crippen molar-refractivity contribution in [3.05, 3.63) is 29.8 Å². The Hall–Kier alpha value is -1.06. The fourth-order valence-corrected chi connectivity index (χ4v) is 2.68. The molecular weight excluding hydrogens is 236 g/mol. The Morgan fingerprint density at radius 3 is 2.79 bits per heavy atom. The van der Waals surface area contributed by atoms with Gasteiger partial charge in [0.25, 0.3) is 0 Å². The molecule has 1 aliphatic carbocycles. The van der Waals surface area contributed by atoms with Crippen LogP contribution < -0.4 is 10.1 Å². The van der Waals surface area contributed by atoms with Gasteiger partial charge in [-0.3, -0.25) is 0 Å². The molecule has 2 aliphatic rings. The summed E-state index contributed by atoms with van der Waals surface area (Å²) in [7, 11) is 0. The average molecular weight is 260 g/mol. The van der Waals surface area contributed by atoms with Gasteiger partial charge < -0.3 is 15.0 Å². The Kier molecular flexibility index (Phi) is 4.36. The minimum absolute atomic E-state index is 0.475. The van der Waals surface area contributed by atoms with E-state index in [1.54, 1.807) is 0 Å². The van der Waals surface area contributed by atoms with Crippen molar-refractivity contribution in [2.45, 2.75) is 31.8 Å². The minimum Gasteiger partial charge on any atom is -0.490 e. The first-order valence-corrected chi connectivity index (χ1v) is 7.59. The molecule has 0 spiro atoms. The second kappa shape index (κ2) is 6.40. The van der Waals surface area contributed by atoms with Crippen molar-refractivity contribution in [3.8, 4) is 5.75 Å². The van der Waals surface area contributed by atoms with Gasteiger partial charge in [-0.1, -0.05) is 12.1 Å². The highest BCUT2D eigenvalue weighted by Gasteiger charge is 2.19. The lowest BCUT2D eigenvalue weighted by molar-refractivity contribution is 0.120. The fourth-order valence-electron chi connectivity index (χ4n) is 2.68. The molecule has 104 valence electrons. The number of hydrogen-bond acceptors (Lipinski definition) is 3. The number of hydrogen-bond donors (Lipinski definition) is 1. The Balaban J connectivity index is 1.50. The zero-order chi connectivity index (χ0) is 12.9. The predicted octanol–water partition coefficient (Wildman–Crippen LogP) is 2.07. The molecule has 1 aliphatic heterocycles. The summed E-state index contributed by atoms with van der Waals surface area (Å²) in [6, 6.07) is 8.66. The molecule has 1 saturated carbocycles. The molecule has 3 nitrogen and oxygen atoms in total. The van der Waals surface area contributed by atoms with Gasteiger partial charge in [0.1, 0.15) is 5.75 Å². The van der Waals surface area contributed by atoms with Crippen molar-refractivity contribution in [1.82, 2.24) is 10.2 Å². The van der Waals surface area contributed by atoms with Crippen LogP contribution in [0.4, 0.5) is 0 Å². The fraction of sp³-hybridized carbons (Fsp3) is 0.625. The van der Waals surface area contributed by atoms with Crippen LogP contribution in [-0.2, 0) is 6.42 Å². The van der Waals surface area contributed by atoms with Crippen molar-refractivity contribution < 1.29 is 4.74 Å². The summed E-state index contributed by atoms with van der Waals surface area (Å²) in [5.41, 5.74) is 1.40. The van der Waals surface area contributed by atoms with E-state index in [1.807, 2.05) is 0 Å². The highest BCUT2D eigenvalue weighted by molar-refractivity contribution is 5.29. The summed E-state index contributed by atoms with van der Waals surface area (Å²) < 4.78 is 5.96. The molecule has 0 bridgehead atoms. The van der Waals surface area contributed by atoms with E-state index < -0.39 is 0 Å². The van der Waals surface area contributed by atoms with Crippen LogP contribution in [-0.4, -0.2) is 43.7 Å². The van der Waals surface area contributed by atoms with Crippen molar-refractivity contribution in [2.75, 3.05) is 32.7 Å². The highest BCUT2D eigenvalue weighted by Crippen LogP contribution is 2.25. The third kappa shape index (κ3) is 3.71. The summed E-state index contributed by atoms with van der Waals surface area (Å²) in [5.74, 6) is 1.06. The van der Waals surface area contributed by atoms with Gasteiger partial charge in [0.2, 0.25) is 0 Å². The minimum atomic E-state index is 0.475. The second-order valence-corrected chi connectivity index (χ2v) is 5.66. The largest absolute Gasteiger partial charge is 0.490 e. The zero-order valence-corrected chi connectivity index (χ0v) is 11.6. The van der Waals surface area contributed by atoms with Crippen LogP contribution in [0.3, 0.4) is 0 Å². The van der Waals surface area contributed by atoms with Crippen molar-refractivity contribution in [1.29, 1.82) is 0 Å². The predicted molar refractivity (Wildman–Crippen MR) is 77.7 cm³/mol. The standard InChI is InChI=1S/C16H24N2O/c1-3-14(7-10-18-11-8-17-9-12-18)13-16(6-1)19-15-4-2-5-15/h1,3,6,13,15,17H,2,4-5,7-12H2. The number of piperazine rings is 1. The molecule has 1 heterocycles. The van der Waals surface area contributed by atoms with Gasteiger partial charge in [-0.05, 0) is 43.4 Å². The van der Waals surface area contributed by atoms with Crippen molar-refractivity contribution >= 4 is 0 Å². The monoisotopic (exact) mass is 260 g/mol. The molecule has 1 aromatic rings. The molecule has 0 unspecified atom stereocenters. The summed E-state index contributed by atoms with van der Waals surface area (Å²) in [4.78, 5) is 2.54. The maximum absolute atomic E-state index is 5.96. The van der Waals surface area contributed by atoms with Crippen LogP contribution in [0, 0.1) is 0 Å². The number of nitrogens with zero attached hydrogens (tertiary/aromatic N) is 1. The van der Waals surface area contributed by atoms with E-state index in [1.165, 1.54) is 37.9 Å². The third-order valence-electron chi connectivity index (χ3n) is 4.18. The van der Waals surface area contributed by atoms with E-state index in [0.29, 0.717) is 6.10 Å².